The topological polar surface area (TPSA) is 107 Å². The van der Waals surface area contributed by atoms with Crippen LogP contribution in [0.2, 0.25) is 0 Å². The number of urea groups is 1. The Labute approximate surface area is 191 Å². The molecule has 1 aliphatic heterocycles. The van der Waals surface area contributed by atoms with E-state index in [1.807, 2.05) is 19.9 Å². The molecule has 1 saturated heterocycles. The van der Waals surface area contributed by atoms with Crippen molar-refractivity contribution in [2.24, 2.45) is 0 Å². The van der Waals surface area contributed by atoms with E-state index in [2.05, 4.69) is 16.6 Å². The number of methoxy groups -OCH3 is 1. The summed E-state index contributed by atoms with van der Waals surface area (Å²) in [5.74, 6) is 0.272. The molecule has 0 radical (unpaired) electrons. The molecule has 3 rings (SSSR count). The molecule has 9 heteroatoms. The third kappa shape index (κ3) is 5.25. The minimum absolute atomic E-state index is 0.0112. The molecular formula is C24H26N2O7. The summed E-state index contributed by atoms with van der Waals surface area (Å²) in [6.07, 6.45) is 3.87. The molecule has 1 fully saturated rings. The molecular weight excluding hydrogens is 428 g/mol. The first-order valence-electron chi connectivity index (χ1n) is 10.5. The Morgan fingerprint density at radius 3 is 2.61 bits per heavy atom. The lowest BCUT2D eigenvalue weighted by molar-refractivity contribution is -0.123. The Kier molecular flexibility index (Phi) is 7.55. The molecule has 3 amide bonds. The molecule has 33 heavy (non-hydrogen) atoms. The molecule has 174 valence electrons. The average molecular weight is 454 g/mol. The van der Waals surface area contributed by atoms with Gasteiger partial charge in [-0.25, -0.2) is 9.59 Å². The third-order valence-corrected chi connectivity index (χ3v) is 4.74. The van der Waals surface area contributed by atoms with Crippen molar-refractivity contribution in [2.75, 3.05) is 20.3 Å². The predicted molar refractivity (Wildman–Crippen MR) is 120 cm³/mol. The molecule has 0 unspecified atom stereocenters. The van der Waals surface area contributed by atoms with Gasteiger partial charge in [0.05, 0.1) is 26.9 Å². The van der Waals surface area contributed by atoms with Crippen LogP contribution in [-0.2, 0) is 22.5 Å². The number of nitrogens with zero attached hydrogens (tertiary/aromatic N) is 1. The Hall–Kier alpha value is -4.01. The predicted octanol–water partition coefficient (Wildman–Crippen LogP) is 3.69. The van der Waals surface area contributed by atoms with Crippen LogP contribution in [0.5, 0.6) is 11.5 Å². The monoisotopic (exact) mass is 454 g/mol. The van der Waals surface area contributed by atoms with Gasteiger partial charge in [0, 0.05) is 5.56 Å². The summed E-state index contributed by atoms with van der Waals surface area (Å²) in [4.78, 5) is 37.9. The van der Waals surface area contributed by atoms with Crippen molar-refractivity contribution in [2.45, 2.75) is 26.8 Å². The van der Waals surface area contributed by atoms with Crippen molar-refractivity contribution >= 4 is 24.0 Å². The van der Waals surface area contributed by atoms with Crippen molar-refractivity contribution in [1.29, 1.82) is 0 Å². The van der Waals surface area contributed by atoms with E-state index in [9.17, 15) is 14.4 Å². The van der Waals surface area contributed by atoms with Crippen LogP contribution >= 0.6 is 0 Å². The van der Waals surface area contributed by atoms with E-state index < -0.39 is 17.9 Å². The highest BCUT2D eigenvalue weighted by Gasteiger charge is 2.34. The zero-order valence-electron chi connectivity index (χ0n) is 18.8. The molecule has 2 aromatic rings. The maximum atomic E-state index is 12.9. The molecule has 0 spiro atoms. The summed E-state index contributed by atoms with van der Waals surface area (Å²) in [6.45, 7) is 8.32. The second-order valence-electron chi connectivity index (χ2n) is 7.00. The summed E-state index contributed by atoms with van der Waals surface area (Å²) < 4.78 is 21.5. The summed E-state index contributed by atoms with van der Waals surface area (Å²) in [7, 11) is 1.23. The molecule has 0 saturated carbocycles. The molecule has 9 nitrogen and oxygen atoms in total. The number of furan rings is 1. The van der Waals surface area contributed by atoms with Crippen molar-refractivity contribution in [3.63, 3.8) is 0 Å². The number of rotatable bonds is 10. The molecule has 1 aromatic heterocycles. The Bertz CT molecular complexity index is 1100. The van der Waals surface area contributed by atoms with Crippen molar-refractivity contribution < 1.29 is 33.0 Å². The zero-order valence-corrected chi connectivity index (χ0v) is 18.8. The fourth-order valence-electron chi connectivity index (χ4n) is 3.36. The quantitative estimate of drug-likeness (QED) is 0.252. The van der Waals surface area contributed by atoms with Gasteiger partial charge in [0.1, 0.15) is 11.5 Å². The molecule has 1 N–H and O–H groups in total. The molecule has 2 heterocycles. The second-order valence-corrected chi connectivity index (χ2v) is 7.00. The van der Waals surface area contributed by atoms with Gasteiger partial charge >= 0.3 is 12.0 Å². The third-order valence-electron chi connectivity index (χ3n) is 4.74. The second kappa shape index (κ2) is 10.5. The lowest BCUT2D eigenvalue weighted by atomic mass is 10.0. The van der Waals surface area contributed by atoms with Crippen molar-refractivity contribution in [3.05, 3.63) is 65.3 Å². The van der Waals surface area contributed by atoms with Crippen LogP contribution in [0.4, 0.5) is 4.79 Å². The van der Waals surface area contributed by atoms with E-state index in [1.165, 1.54) is 19.2 Å². The zero-order chi connectivity index (χ0) is 24.0. The Morgan fingerprint density at radius 2 is 1.94 bits per heavy atom. The van der Waals surface area contributed by atoms with Crippen LogP contribution in [0.15, 0.2) is 47.0 Å². The number of hydrogen-bond acceptors (Lipinski definition) is 7. The lowest BCUT2D eigenvalue weighted by Crippen LogP contribution is -2.30. The molecule has 1 aliphatic rings. The number of carbonyl (C=O) groups is 3. The van der Waals surface area contributed by atoms with Crippen LogP contribution in [0.25, 0.3) is 6.08 Å². The van der Waals surface area contributed by atoms with Crippen molar-refractivity contribution in [1.82, 2.24) is 10.2 Å². The van der Waals surface area contributed by atoms with E-state index in [-0.39, 0.29) is 23.8 Å². The molecule has 1 aromatic carbocycles. The fraction of sp³-hybridized carbons (Fsp3) is 0.292. The van der Waals surface area contributed by atoms with Crippen molar-refractivity contribution in [3.8, 4) is 11.5 Å². The van der Waals surface area contributed by atoms with E-state index in [0.29, 0.717) is 36.7 Å². The summed E-state index contributed by atoms with van der Waals surface area (Å²) in [5.41, 5.74) is 1.62. The number of imide groups is 1. The average Bonchev–Trinajstić information content (AvgIpc) is 3.36. The van der Waals surface area contributed by atoms with Crippen LogP contribution in [-0.4, -0.2) is 43.1 Å². The number of ether oxygens (including phenoxy) is 3. The first kappa shape index (κ1) is 23.6. The molecule has 0 atom stereocenters. The Morgan fingerprint density at radius 1 is 1.18 bits per heavy atom. The minimum Gasteiger partial charge on any atom is -0.490 e. The summed E-state index contributed by atoms with van der Waals surface area (Å²) in [6, 6.07) is 5.96. The largest absolute Gasteiger partial charge is 0.490 e. The number of allylic oxidation sites excluding steroid dienone is 1. The maximum Gasteiger partial charge on any atom is 0.373 e. The van der Waals surface area contributed by atoms with Gasteiger partial charge in [-0.3, -0.25) is 9.69 Å². The highest BCUT2D eigenvalue weighted by molar-refractivity contribution is 6.13. The van der Waals surface area contributed by atoms with Gasteiger partial charge in [-0.2, -0.15) is 0 Å². The van der Waals surface area contributed by atoms with Gasteiger partial charge in [0.25, 0.3) is 5.91 Å². The van der Waals surface area contributed by atoms with Gasteiger partial charge in [0.15, 0.2) is 11.5 Å². The van der Waals surface area contributed by atoms with Gasteiger partial charge in [-0.15, -0.1) is 6.58 Å². The van der Waals surface area contributed by atoms with Crippen LogP contribution in [0, 0.1) is 0 Å². The lowest BCUT2D eigenvalue weighted by Gasteiger charge is -2.16. The smallest absolute Gasteiger partial charge is 0.373 e. The number of esters is 1. The SMILES string of the molecule is C=CCc1cc(/C=C2\NC(=O)N(Cc3ccc(C(=O)OC)o3)C2=O)cc(OCC)c1OCC. The van der Waals surface area contributed by atoms with Gasteiger partial charge in [0.2, 0.25) is 5.76 Å². The fourth-order valence-corrected chi connectivity index (χ4v) is 3.36. The normalized spacial score (nSPS) is 14.4. The number of hydrogen-bond donors (Lipinski definition) is 1. The van der Waals surface area contributed by atoms with E-state index >= 15 is 0 Å². The highest BCUT2D eigenvalue weighted by Crippen LogP contribution is 2.35. The number of carbonyl (C=O) groups excluding carboxylic acids is 3. The standard InChI is InChI=1S/C24H26N2O7/c1-5-8-16-11-15(13-20(31-6-2)21(16)32-7-3)12-18-22(27)26(24(29)25-18)14-17-9-10-19(33-17)23(28)30-4/h5,9-13H,1,6-8,14H2,2-4H3,(H,25,29)/b18-12-. The first-order valence-corrected chi connectivity index (χ1v) is 10.5. The first-order chi connectivity index (χ1) is 15.9. The van der Waals surface area contributed by atoms with Gasteiger partial charge in [-0.1, -0.05) is 6.08 Å². The van der Waals surface area contributed by atoms with E-state index in [0.717, 1.165) is 10.5 Å². The number of amides is 3. The van der Waals surface area contributed by atoms with Gasteiger partial charge in [-0.05, 0) is 56.2 Å². The number of benzene rings is 1. The van der Waals surface area contributed by atoms with Crippen LogP contribution < -0.4 is 14.8 Å². The maximum absolute atomic E-state index is 12.9. The van der Waals surface area contributed by atoms with E-state index in [1.54, 1.807) is 18.2 Å². The van der Waals surface area contributed by atoms with Crippen LogP contribution in [0.1, 0.15) is 41.3 Å². The minimum atomic E-state index is -0.644. The molecule has 0 bridgehead atoms. The van der Waals surface area contributed by atoms with E-state index in [4.69, 9.17) is 13.9 Å². The summed E-state index contributed by atoms with van der Waals surface area (Å²) in [5, 5.41) is 2.58. The van der Waals surface area contributed by atoms with Gasteiger partial charge < -0.3 is 23.9 Å². The molecule has 0 aliphatic carbocycles. The number of nitrogens with one attached hydrogen (secondary N) is 1. The highest BCUT2D eigenvalue weighted by atomic mass is 16.5. The Balaban J connectivity index is 1.88. The summed E-state index contributed by atoms with van der Waals surface area (Å²) >= 11 is 0. The van der Waals surface area contributed by atoms with Crippen LogP contribution in [0.3, 0.4) is 0 Å².